The Morgan fingerprint density at radius 3 is 2.18 bits per heavy atom. The van der Waals surface area contributed by atoms with Crippen LogP contribution in [0.2, 0.25) is 0 Å². The number of nitrogen functional groups attached to an aromatic ring is 1. The van der Waals surface area contributed by atoms with Crippen molar-refractivity contribution in [1.82, 2.24) is 9.88 Å². The molecule has 1 aromatic heterocycles. The van der Waals surface area contributed by atoms with E-state index < -0.39 is 30.9 Å². The quantitative estimate of drug-likeness (QED) is 0.638. The Balaban J connectivity index is 2.85. The lowest BCUT2D eigenvalue weighted by atomic mass is 10.3. The van der Waals surface area contributed by atoms with Crippen LogP contribution in [-0.2, 0) is 9.59 Å². The molecule has 0 aliphatic rings. The minimum atomic E-state index is -1.30. The summed E-state index contributed by atoms with van der Waals surface area (Å²) >= 11 is 1.01. The van der Waals surface area contributed by atoms with E-state index in [9.17, 15) is 14.4 Å². The van der Waals surface area contributed by atoms with Crippen LogP contribution in [0.3, 0.4) is 0 Å². The van der Waals surface area contributed by atoms with Crippen LogP contribution in [0, 0.1) is 0 Å². The summed E-state index contributed by atoms with van der Waals surface area (Å²) < 4.78 is 0. The molecule has 0 aliphatic carbocycles. The highest BCUT2D eigenvalue weighted by Gasteiger charge is 2.22. The van der Waals surface area contributed by atoms with E-state index in [0.717, 1.165) is 11.3 Å². The molecule has 17 heavy (non-hydrogen) atoms. The SMILES string of the molecule is Nc1nc(C(=O)N(CC(=O)O)CC(=O)O)cs1. The third-order valence-corrected chi connectivity index (χ3v) is 2.35. The van der Waals surface area contributed by atoms with Gasteiger partial charge in [-0.05, 0) is 0 Å². The lowest BCUT2D eigenvalue weighted by Gasteiger charge is -2.16. The number of carboxylic acid groups (broad SMARTS) is 2. The molecule has 9 heteroatoms. The first-order valence-electron chi connectivity index (χ1n) is 4.34. The number of carboxylic acids is 2. The predicted molar refractivity (Wildman–Crippen MR) is 57.7 cm³/mol. The van der Waals surface area contributed by atoms with E-state index in [4.69, 9.17) is 15.9 Å². The highest BCUT2D eigenvalue weighted by molar-refractivity contribution is 7.13. The van der Waals surface area contributed by atoms with Crippen molar-refractivity contribution in [1.29, 1.82) is 0 Å². The van der Waals surface area contributed by atoms with E-state index in [-0.39, 0.29) is 10.8 Å². The van der Waals surface area contributed by atoms with Crippen molar-refractivity contribution in [3.05, 3.63) is 11.1 Å². The molecular weight excluding hydrogens is 250 g/mol. The Kier molecular flexibility index (Phi) is 3.99. The van der Waals surface area contributed by atoms with E-state index in [1.165, 1.54) is 5.38 Å². The van der Waals surface area contributed by atoms with Gasteiger partial charge in [0.1, 0.15) is 18.8 Å². The average Bonchev–Trinajstić information content (AvgIpc) is 2.61. The van der Waals surface area contributed by atoms with E-state index >= 15 is 0 Å². The van der Waals surface area contributed by atoms with Crippen molar-refractivity contribution in [3.8, 4) is 0 Å². The van der Waals surface area contributed by atoms with Crippen LogP contribution in [0.4, 0.5) is 5.13 Å². The molecule has 0 aromatic carbocycles. The van der Waals surface area contributed by atoms with Crippen LogP contribution in [0.5, 0.6) is 0 Å². The Bertz CT molecular complexity index is 442. The number of rotatable bonds is 5. The van der Waals surface area contributed by atoms with Crippen molar-refractivity contribution in [2.45, 2.75) is 0 Å². The molecule has 0 saturated heterocycles. The first kappa shape index (κ1) is 12.9. The summed E-state index contributed by atoms with van der Waals surface area (Å²) in [6, 6.07) is 0. The standard InChI is InChI=1S/C8H9N3O5S/c9-8-10-4(3-17-8)7(16)11(1-5(12)13)2-6(14)15/h3H,1-2H2,(H2,9,10)(H,12,13)(H,14,15). The number of aromatic nitrogens is 1. The number of aliphatic carboxylic acids is 2. The van der Waals surface area contributed by atoms with E-state index in [2.05, 4.69) is 4.98 Å². The zero-order valence-electron chi connectivity index (χ0n) is 8.49. The Hall–Kier alpha value is -2.16. The first-order valence-corrected chi connectivity index (χ1v) is 5.22. The fourth-order valence-corrected chi connectivity index (χ4v) is 1.61. The smallest absolute Gasteiger partial charge is 0.323 e. The molecule has 1 aromatic rings. The lowest BCUT2D eigenvalue weighted by molar-refractivity contribution is -0.140. The number of thiazole rings is 1. The second-order valence-electron chi connectivity index (χ2n) is 3.02. The van der Waals surface area contributed by atoms with Gasteiger partial charge in [0.15, 0.2) is 5.13 Å². The zero-order valence-corrected chi connectivity index (χ0v) is 9.31. The maximum atomic E-state index is 11.7. The van der Waals surface area contributed by atoms with Crippen molar-refractivity contribution < 1.29 is 24.6 Å². The van der Waals surface area contributed by atoms with Gasteiger partial charge in [-0.15, -0.1) is 11.3 Å². The fraction of sp³-hybridized carbons (Fsp3) is 0.250. The Labute approximate surface area is 99.3 Å². The van der Waals surface area contributed by atoms with Crippen LogP contribution in [0.15, 0.2) is 5.38 Å². The van der Waals surface area contributed by atoms with Gasteiger partial charge in [0.05, 0.1) is 0 Å². The van der Waals surface area contributed by atoms with Gasteiger partial charge >= 0.3 is 11.9 Å². The van der Waals surface area contributed by atoms with Gasteiger partial charge in [0.2, 0.25) is 0 Å². The largest absolute Gasteiger partial charge is 0.480 e. The zero-order chi connectivity index (χ0) is 13.0. The molecule has 92 valence electrons. The topological polar surface area (TPSA) is 134 Å². The van der Waals surface area contributed by atoms with Gasteiger partial charge in [-0.1, -0.05) is 0 Å². The summed E-state index contributed by atoms with van der Waals surface area (Å²) in [6.07, 6.45) is 0. The van der Waals surface area contributed by atoms with Gasteiger partial charge in [-0.25, -0.2) is 4.98 Å². The summed E-state index contributed by atoms with van der Waals surface area (Å²) in [5, 5.41) is 18.6. The minimum absolute atomic E-state index is 0.0602. The molecule has 1 amide bonds. The second kappa shape index (κ2) is 5.25. The summed E-state index contributed by atoms with van der Waals surface area (Å²) in [5.74, 6) is -3.38. The molecule has 0 unspecified atom stereocenters. The van der Waals surface area contributed by atoms with Crippen LogP contribution in [-0.4, -0.2) is 51.0 Å². The lowest BCUT2D eigenvalue weighted by Crippen LogP contribution is -2.39. The molecular formula is C8H9N3O5S. The number of nitrogens with zero attached hydrogens (tertiary/aromatic N) is 2. The van der Waals surface area contributed by atoms with E-state index in [1.807, 2.05) is 0 Å². The molecule has 0 saturated carbocycles. The van der Waals surface area contributed by atoms with Crippen molar-refractivity contribution in [3.63, 3.8) is 0 Å². The highest BCUT2D eigenvalue weighted by Crippen LogP contribution is 2.13. The summed E-state index contributed by atoms with van der Waals surface area (Å²) in [4.78, 5) is 37.1. The number of carbonyl (C=O) groups is 3. The summed E-state index contributed by atoms with van der Waals surface area (Å²) in [6.45, 7) is -1.41. The Morgan fingerprint density at radius 2 is 1.82 bits per heavy atom. The first-order chi connectivity index (χ1) is 7.90. The summed E-state index contributed by atoms with van der Waals surface area (Å²) in [5.41, 5.74) is 5.26. The normalized spacial score (nSPS) is 9.88. The number of nitrogens with two attached hydrogens (primary N) is 1. The van der Waals surface area contributed by atoms with Crippen LogP contribution in [0.1, 0.15) is 10.5 Å². The molecule has 0 radical (unpaired) electrons. The molecule has 0 fully saturated rings. The van der Waals surface area contributed by atoms with Crippen molar-refractivity contribution in [2.75, 3.05) is 18.8 Å². The van der Waals surface area contributed by atoms with E-state index in [0.29, 0.717) is 4.90 Å². The fourth-order valence-electron chi connectivity index (χ4n) is 1.07. The number of hydrogen-bond donors (Lipinski definition) is 3. The molecule has 1 rings (SSSR count). The highest BCUT2D eigenvalue weighted by atomic mass is 32.1. The molecule has 8 nitrogen and oxygen atoms in total. The third-order valence-electron chi connectivity index (χ3n) is 1.68. The predicted octanol–water partition coefficient (Wildman–Crippen LogP) is -0.663. The monoisotopic (exact) mass is 259 g/mol. The summed E-state index contributed by atoms with van der Waals surface area (Å²) in [7, 11) is 0. The van der Waals surface area contributed by atoms with Gasteiger partial charge in [0.25, 0.3) is 5.91 Å². The van der Waals surface area contributed by atoms with Crippen LogP contribution < -0.4 is 5.73 Å². The van der Waals surface area contributed by atoms with Crippen molar-refractivity contribution >= 4 is 34.3 Å². The number of carbonyl (C=O) groups excluding carboxylic acids is 1. The molecule has 0 spiro atoms. The molecule has 1 heterocycles. The van der Waals surface area contributed by atoms with Crippen molar-refractivity contribution in [2.24, 2.45) is 0 Å². The maximum Gasteiger partial charge on any atom is 0.323 e. The van der Waals surface area contributed by atoms with Gasteiger partial charge < -0.3 is 20.8 Å². The van der Waals surface area contributed by atoms with E-state index in [1.54, 1.807) is 0 Å². The minimum Gasteiger partial charge on any atom is -0.480 e. The average molecular weight is 259 g/mol. The molecule has 0 aliphatic heterocycles. The van der Waals surface area contributed by atoms with Gasteiger partial charge in [-0.3, -0.25) is 14.4 Å². The van der Waals surface area contributed by atoms with Gasteiger partial charge in [-0.2, -0.15) is 0 Å². The maximum absolute atomic E-state index is 11.7. The molecule has 0 atom stereocenters. The number of anilines is 1. The van der Waals surface area contributed by atoms with Crippen LogP contribution >= 0.6 is 11.3 Å². The molecule has 4 N–H and O–H groups in total. The third kappa shape index (κ3) is 3.72. The molecule has 0 bridgehead atoms. The number of hydrogen-bond acceptors (Lipinski definition) is 6. The second-order valence-corrected chi connectivity index (χ2v) is 3.91. The Morgan fingerprint density at radius 1 is 1.29 bits per heavy atom. The van der Waals surface area contributed by atoms with Crippen LogP contribution in [0.25, 0.3) is 0 Å². The van der Waals surface area contributed by atoms with Gasteiger partial charge in [0, 0.05) is 5.38 Å². The number of amides is 1.